The van der Waals surface area contributed by atoms with Crippen molar-refractivity contribution in [3.8, 4) is 5.75 Å². The summed E-state index contributed by atoms with van der Waals surface area (Å²) in [5, 5.41) is 12.7. The predicted octanol–water partition coefficient (Wildman–Crippen LogP) is 3.13. The van der Waals surface area contributed by atoms with Gasteiger partial charge in [0.2, 0.25) is 0 Å². The number of carbonyl (C=O) groups is 1. The standard InChI is InChI=1S/C15H14BrNO3/c1-20-11-7-8-12(16)13(9-11)17-15(19)14(18)10-5-3-2-4-6-10/h2-9,14,18H,1H3,(H,17,19). The van der Waals surface area contributed by atoms with E-state index in [-0.39, 0.29) is 0 Å². The highest BCUT2D eigenvalue weighted by Gasteiger charge is 2.18. The van der Waals surface area contributed by atoms with E-state index in [2.05, 4.69) is 21.2 Å². The zero-order valence-corrected chi connectivity index (χ0v) is 12.4. The van der Waals surface area contributed by atoms with E-state index in [0.29, 0.717) is 21.5 Å². The SMILES string of the molecule is COc1ccc(Br)c(NC(=O)C(O)c2ccccc2)c1. The Morgan fingerprint density at radius 1 is 1.25 bits per heavy atom. The third-order valence-corrected chi connectivity index (χ3v) is 3.49. The highest BCUT2D eigenvalue weighted by Crippen LogP contribution is 2.28. The number of hydrogen-bond acceptors (Lipinski definition) is 3. The molecule has 0 bridgehead atoms. The van der Waals surface area contributed by atoms with Crippen LogP contribution < -0.4 is 10.1 Å². The number of anilines is 1. The summed E-state index contributed by atoms with van der Waals surface area (Å²) in [5.41, 5.74) is 1.09. The first-order valence-electron chi connectivity index (χ1n) is 5.99. The van der Waals surface area contributed by atoms with Crippen molar-refractivity contribution in [1.29, 1.82) is 0 Å². The molecule has 5 heteroatoms. The molecule has 0 aliphatic heterocycles. The molecule has 2 N–H and O–H groups in total. The van der Waals surface area contributed by atoms with Gasteiger partial charge in [0, 0.05) is 10.5 Å². The molecular weight excluding hydrogens is 322 g/mol. The molecule has 1 unspecified atom stereocenters. The summed E-state index contributed by atoms with van der Waals surface area (Å²) in [4.78, 5) is 12.0. The number of aliphatic hydroxyl groups excluding tert-OH is 1. The van der Waals surface area contributed by atoms with E-state index in [1.165, 1.54) is 0 Å². The molecule has 0 fully saturated rings. The summed E-state index contributed by atoms with van der Waals surface area (Å²) in [5.74, 6) is 0.128. The molecule has 0 aliphatic carbocycles. The first kappa shape index (κ1) is 14.6. The van der Waals surface area contributed by atoms with Crippen molar-refractivity contribution >= 4 is 27.5 Å². The summed E-state index contributed by atoms with van der Waals surface area (Å²) >= 11 is 3.34. The van der Waals surface area contributed by atoms with Crippen LogP contribution in [0.15, 0.2) is 53.0 Å². The number of aliphatic hydroxyl groups is 1. The average molecular weight is 336 g/mol. The Kier molecular flexibility index (Phi) is 4.76. The molecule has 0 saturated carbocycles. The molecule has 2 rings (SSSR count). The van der Waals surface area contributed by atoms with Crippen molar-refractivity contribution in [3.05, 3.63) is 58.6 Å². The Morgan fingerprint density at radius 3 is 2.60 bits per heavy atom. The maximum Gasteiger partial charge on any atom is 0.257 e. The van der Waals surface area contributed by atoms with E-state index in [9.17, 15) is 9.90 Å². The van der Waals surface area contributed by atoms with Gasteiger partial charge < -0.3 is 15.2 Å². The lowest BCUT2D eigenvalue weighted by atomic mass is 10.1. The Balaban J connectivity index is 2.15. The molecule has 0 spiro atoms. The Morgan fingerprint density at radius 2 is 1.95 bits per heavy atom. The number of hydrogen-bond donors (Lipinski definition) is 2. The van der Waals surface area contributed by atoms with E-state index in [1.807, 2.05) is 6.07 Å². The second-order valence-corrected chi connectivity index (χ2v) is 5.00. The Labute approximate surface area is 125 Å². The summed E-state index contributed by atoms with van der Waals surface area (Å²) in [6, 6.07) is 14.0. The molecule has 1 atom stereocenters. The lowest BCUT2D eigenvalue weighted by Crippen LogP contribution is -2.21. The second kappa shape index (κ2) is 6.54. The van der Waals surface area contributed by atoms with Crippen LogP contribution in [0.4, 0.5) is 5.69 Å². The second-order valence-electron chi connectivity index (χ2n) is 4.15. The van der Waals surface area contributed by atoms with E-state index in [0.717, 1.165) is 0 Å². The summed E-state index contributed by atoms with van der Waals surface area (Å²) in [6.07, 6.45) is -1.21. The number of rotatable bonds is 4. The summed E-state index contributed by atoms with van der Waals surface area (Å²) in [7, 11) is 1.55. The summed E-state index contributed by atoms with van der Waals surface area (Å²) in [6.45, 7) is 0. The van der Waals surface area contributed by atoms with Gasteiger partial charge in [-0.3, -0.25) is 4.79 Å². The van der Waals surface area contributed by atoms with Gasteiger partial charge in [0.1, 0.15) is 5.75 Å². The Bertz CT molecular complexity index is 601. The van der Waals surface area contributed by atoms with Gasteiger partial charge >= 0.3 is 0 Å². The van der Waals surface area contributed by atoms with Crippen LogP contribution in [0, 0.1) is 0 Å². The first-order valence-corrected chi connectivity index (χ1v) is 6.78. The van der Waals surface area contributed by atoms with Crippen LogP contribution >= 0.6 is 15.9 Å². The maximum absolute atomic E-state index is 12.0. The Hall–Kier alpha value is -1.85. The van der Waals surface area contributed by atoms with Crippen molar-refractivity contribution in [1.82, 2.24) is 0 Å². The number of amides is 1. The number of halogens is 1. The van der Waals surface area contributed by atoms with Crippen molar-refractivity contribution in [2.24, 2.45) is 0 Å². The third kappa shape index (κ3) is 3.37. The minimum atomic E-state index is -1.21. The molecule has 0 aliphatic rings. The molecule has 20 heavy (non-hydrogen) atoms. The zero-order chi connectivity index (χ0) is 14.5. The molecule has 2 aromatic rings. The average Bonchev–Trinajstić information content (AvgIpc) is 2.49. The fourth-order valence-corrected chi connectivity index (χ4v) is 2.06. The zero-order valence-electron chi connectivity index (χ0n) is 10.8. The van der Waals surface area contributed by atoms with E-state index >= 15 is 0 Å². The van der Waals surface area contributed by atoms with Crippen molar-refractivity contribution < 1.29 is 14.6 Å². The molecule has 4 nitrogen and oxygen atoms in total. The third-order valence-electron chi connectivity index (χ3n) is 2.80. The van der Waals surface area contributed by atoms with Gasteiger partial charge in [0.05, 0.1) is 12.8 Å². The first-order chi connectivity index (χ1) is 9.61. The molecule has 2 aromatic carbocycles. The van der Waals surface area contributed by atoms with Crippen LogP contribution in [0.25, 0.3) is 0 Å². The van der Waals surface area contributed by atoms with Gasteiger partial charge in [-0.05, 0) is 33.6 Å². The number of carbonyl (C=O) groups excluding carboxylic acids is 1. The highest BCUT2D eigenvalue weighted by molar-refractivity contribution is 9.10. The predicted molar refractivity (Wildman–Crippen MR) is 80.7 cm³/mol. The quantitative estimate of drug-likeness (QED) is 0.902. The van der Waals surface area contributed by atoms with Crippen LogP contribution in [0.2, 0.25) is 0 Å². The molecule has 0 saturated heterocycles. The summed E-state index contributed by atoms with van der Waals surface area (Å²) < 4.78 is 5.82. The van der Waals surface area contributed by atoms with Crippen LogP contribution in [0.1, 0.15) is 11.7 Å². The molecular formula is C15H14BrNO3. The normalized spacial score (nSPS) is 11.8. The fourth-order valence-electron chi connectivity index (χ4n) is 1.71. The molecule has 1 amide bonds. The topological polar surface area (TPSA) is 58.6 Å². The van der Waals surface area contributed by atoms with E-state index in [4.69, 9.17) is 4.74 Å². The van der Waals surface area contributed by atoms with E-state index < -0.39 is 12.0 Å². The maximum atomic E-state index is 12.0. The van der Waals surface area contributed by atoms with Crippen molar-refractivity contribution in [2.75, 3.05) is 12.4 Å². The molecule has 0 aromatic heterocycles. The fraction of sp³-hybridized carbons (Fsp3) is 0.133. The number of methoxy groups -OCH3 is 1. The van der Waals surface area contributed by atoms with Crippen LogP contribution in [-0.4, -0.2) is 18.1 Å². The number of benzene rings is 2. The molecule has 0 radical (unpaired) electrons. The van der Waals surface area contributed by atoms with Crippen LogP contribution in [0.3, 0.4) is 0 Å². The highest BCUT2D eigenvalue weighted by atomic mass is 79.9. The smallest absolute Gasteiger partial charge is 0.257 e. The van der Waals surface area contributed by atoms with E-state index in [1.54, 1.807) is 49.6 Å². The van der Waals surface area contributed by atoms with Crippen molar-refractivity contribution in [2.45, 2.75) is 6.10 Å². The molecule has 0 heterocycles. The van der Waals surface area contributed by atoms with Gasteiger partial charge in [-0.2, -0.15) is 0 Å². The van der Waals surface area contributed by atoms with Crippen LogP contribution in [-0.2, 0) is 4.79 Å². The lowest BCUT2D eigenvalue weighted by molar-refractivity contribution is -0.124. The minimum Gasteiger partial charge on any atom is -0.497 e. The minimum absolute atomic E-state index is 0.495. The number of ether oxygens (including phenoxy) is 1. The van der Waals surface area contributed by atoms with Gasteiger partial charge in [-0.25, -0.2) is 0 Å². The number of nitrogens with one attached hydrogen (secondary N) is 1. The molecule has 104 valence electrons. The largest absolute Gasteiger partial charge is 0.497 e. The lowest BCUT2D eigenvalue weighted by Gasteiger charge is -2.13. The van der Waals surface area contributed by atoms with Gasteiger partial charge in [-0.15, -0.1) is 0 Å². The monoisotopic (exact) mass is 335 g/mol. The van der Waals surface area contributed by atoms with Gasteiger partial charge in [-0.1, -0.05) is 30.3 Å². The van der Waals surface area contributed by atoms with Gasteiger partial charge in [0.25, 0.3) is 5.91 Å². The van der Waals surface area contributed by atoms with Crippen LogP contribution in [0.5, 0.6) is 5.75 Å². The van der Waals surface area contributed by atoms with Gasteiger partial charge in [0.15, 0.2) is 6.10 Å². The van der Waals surface area contributed by atoms with Crippen molar-refractivity contribution in [3.63, 3.8) is 0 Å².